The van der Waals surface area contributed by atoms with Gasteiger partial charge in [-0.2, -0.15) is 0 Å². The van der Waals surface area contributed by atoms with Gasteiger partial charge in [-0.05, 0) is 11.8 Å². The van der Waals surface area contributed by atoms with E-state index in [1.165, 1.54) is 0 Å². The molecule has 2 aromatic heterocycles. The molecule has 2 rings (SSSR count). The fourth-order valence-electron chi connectivity index (χ4n) is 2.41. The van der Waals surface area contributed by atoms with Crippen LogP contribution in [-0.2, 0) is 0 Å². The van der Waals surface area contributed by atoms with Crippen molar-refractivity contribution in [3.8, 4) is 5.88 Å². The maximum atomic E-state index is 14.9. The molecule has 0 radical (unpaired) electrons. The molecule has 0 N–H and O–H groups in total. The molecule has 0 fully saturated rings. The molecule has 0 saturated heterocycles. The number of halogens is 1. The zero-order valence-electron chi connectivity index (χ0n) is 14.4. The summed E-state index contributed by atoms with van der Waals surface area (Å²) in [5.74, 6) is 0.901. The average Bonchev–Trinajstić information content (AvgIpc) is 2.46. The van der Waals surface area contributed by atoms with Gasteiger partial charge in [0, 0.05) is 5.92 Å². The number of nitrogens with zero attached hydrogens (tertiary/aromatic N) is 3. The van der Waals surface area contributed by atoms with E-state index >= 15 is 0 Å². The molecule has 0 aliphatic heterocycles. The van der Waals surface area contributed by atoms with E-state index < -0.39 is 0 Å². The third kappa shape index (κ3) is 2.76. The van der Waals surface area contributed by atoms with Crippen molar-refractivity contribution in [2.45, 2.75) is 59.3 Å². The Morgan fingerprint density at radius 1 is 0.818 bits per heavy atom. The molecule has 2 aromatic rings. The summed E-state index contributed by atoms with van der Waals surface area (Å²) >= 11 is 0. The molecule has 0 saturated carbocycles. The quantitative estimate of drug-likeness (QED) is 0.832. The lowest BCUT2D eigenvalue weighted by Crippen LogP contribution is -2.10. The van der Waals surface area contributed by atoms with Crippen LogP contribution >= 0.6 is 0 Å². The molecule has 5 heteroatoms. The molecule has 0 spiro atoms. The first-order chi connectivity index (χ1) is 10.3. The third-order valence-corrected chi connectivity index (χ3v) is 3.63. The van der Waals surface area contributed by atoms with Crippen molar-refractivity contribution in [1.82, 2.24) is 15.0 Å². The number of methoxy groups -OCH3 is 1. The highest BCUT2D eigenvalue weighted by atomic mass is 19.1. The first-order valence-electron chi connectivity index (χ1n) is 7.72. The number of ether oxygens (including phenoxy) is 1. The van der Waals surface area contributed by atoms with Gasteiger partial charge in [0.05, 0.1) is 23.9 Å². The van der Waals surface area contributed by atoms with E-state index in [4.69, 9.17) is 4.74 Å². The van der Waals surface area contributed by atoms with Gasteiger partial charge in [-0.15, -0.1) is 0 Å². The van der Waals surface area contributed by atoms with Gasteiger partial charge in [0.1, 0.15) is 11.3 Å². The lowest BCUT2D eigenvalue weighted by molar-refractivity contribution is 0.397. The Hall–Kier alpha value is -1.78. The molecule has 0 aliphatic rings. The van der Waals surface area contributed by atoms with Gasteiger partial charge in [0.15, 0.2) is 5.82 Å². The largest absolute Gasteiger partial charge is 0.480 e. The number of aromatic nitrogens is 3. The molecule has 4 nitrogen and oxygen atoms in total. The molecular weight excluding hydrogens is 281 g/mol. The van der Waals surface area contributed by atoms with Gasteiger partial charge in [-0.1, -0.05) is 41.5 Å². The Kier molecular flexibility index (Phi) is 4.63. The van der Waals surface area contributed by atoms with Crippen LogP contribution in [0.4, 0.5) is 4.39 Å². The van der Waals surface area contributed by atoms with Crippen molar-refractivity contribution in [2.24, 2.45) is 0 Å². The van der Waals surface area contributed by atoms with Crippen molar-refractivity contribution in [3.63, 3.8) is 0 Å². The smallest absolute Gasteiger partial charge is 0.225 e. The lowest BCUT2D eigenvalue weighted by Gasteiger charge is -2.17. The SMILES string of the molecule is COc1nc(C(C)C)c(F)c2nc(C(C)C)nc(C(C)C)c12. The Morgan fingerprint density at radius 2 is 1.41 bits per heavy atom. The molecule has 0 amide bonds. The van der Waals surface area contributed by atoms with Crippen LogP contribution in [0.2, 0.25) is 0 Å². The van der Waals surface area contributed by atoms with Crippen LogP contribution < -0.4 is 4.74 Å². The van der Waals surface area contributed by atoms with Gasteiger partial charge < -0.3 is 4.74 Å². The summed E-state index contributed by atoms with van der Waals surface area (Å²) < 4.78 is 20.3. The second kappa shape index (κ2) is 6.15. The third-order valence-electron chi connectivity index (χ3n) is 3.63. The van der Waals surface area contributed by atoms with Crippen molar-refractivity contribution < 1.29 is 9.13 Å². The van der Waals surface area contributed by atoms with Crippen molar-refractivity contribution >= 4 is 10.9 Å². The van der Waals surface area contributed by atoms with Crippen LogP contribution in [0.1, 0.15) is 76.5 Å². The van der Waals surface area contributed by atoms with Crippen LogP contribution in [-0.4, -0.2) is 22.1 Å². The molecule has 0 aromatic carbocycles. The predicted molar refractivity (Wildman–Crippen MR) is 86.1 cm³/mol. The van der Waals surface area contributed by atoms with Crippen LogP contribution in [0.15, 0.2) is 0 Å². The van der Waals surface area contributed by atoms with E-state index in [2.05, 4.69) is 15.0 Å². The summed E-state index contributed by atoms with van der Waals surface area (Å²) in [4.78, 5) is 13.4. The first kappa shape index (κ1) is 16.6. The summed E-state index contributed by atoms with van der Waals surface area (Å²) in [7, 11) is 1.55. The van der Waals surface area contributed by atoms with Gasteiger partial charge in [0.2, 0.25) is 5.88 Å². The topological polar surface area (TPSA) is 47.9 Å². The van der Waals surface area contributed by atoms with Crippen molar-refractivity contribution in [3.05, 3.63) is 23.0 Å². The van der Waals surface area contributed by atoms with E-state index in [1.807, 2.05) is 41.5 Å². The Labute approximate surface area is 131 Å². The fraction of sp³-hybridized carbons (Fsp3) is 0.588. The van der Waals surface area contributed by atoms with Gasteiger partial charge in [-0.25, -0.2) is 19.3 Å². The van der Waals surface area contributed by atoms with Crippen LogP contribution in [0, 0.1) is 5.82 Å². The van der Waals surface area contributed by atoms with E-state index in [0.29, 0.717) is 28.3 Å². The molecule has 22 heavy (non-hydrogen) atoms. The predicted octanol–water partition coefficient (Wildman–Crippen LogP) is 4.54. The molecule has 0 atom stereocenters. The second-order valence-electron chi connectivity index (χ2n) is 6.48. The fourth-order valence-corrected chi connectivity index (χ4v) is 2.41. The standard InChI is InChI=1S/C17H24FN3O/c1-8(2)13-11-15(20-16(19-13)10(5)6)12(18)14(9(3)4)21-17(11)22-7/h8-10H,1-7H3. The zero-order valence-corrected chi connectivity index (χ0v) is 14.4. The summed E-state index contributed by atoms with van der Waals surface area (Å²) in [5, 5.41) is 0.587. The Bertz CT molecular complexity index is 696. The summed E-state index contributed by atoms with van der Waals surface area (Å²) in [6, 6.07) is 0. The van der Waals surface area contributed by atoms with Crippen LogP contribution in [0.5, 0.6) is 5.88 Å². The molecule has 0 bridgehead atoms. The maximum absolute atomic E-state index is 14.9. The minimum absolute atomic E-state index is 0.0433. The van der Waals surface area contributed by atoms with E-state index in [9.17, 15) is 4.39 Å². The molecular formula is C17H24FN3O. The minimum Gasteiger partial charge on any atom is -0.480 e. The summed E-state index contributed by atoms with van der Waals surface area (Å²) in [6.45, 7) is 11.9. The lowest BCUT2D eigenvalue weighted by atomic mass is 10.0. The zero-order chi connectivity index (χ0) is 16.6. The second-order valence-corrected chi connectivity index (χ2v) is 6.48. The van der Waals surface area contributed by atoms with Crippen LogP contribution in [0.3, 0.4) is 0 Å². The highest BCUT2D eigenvalue weighted by molar-refractivity contribution is 5.87. The van der Waals surface area contributed by atoms with E-state index in [1.54, 1.807) is 7.11 Å². The first-order valence-corrected chi connectivity index (χ1v) is 7.72. The molecule has 2 heterocycles. The van der Waals surface area contributed by atoms with E-state index in [-0.39, 0.29) is 23.6 Å². The normalized spacial score (nSPS) is 12.0. The van der Waals surface area contributed by atoms with Crippen LogP contribution in [0.25, 0.3) is 10.9 Å². The van der Waals surface area contributed by atoms with Crippen molar-refractivity contribution in [2.75, 3.05) is 7.11 Å². The molecule has 0 unspecified atom stereocenters. The Balaban J connectivity index is 2.97. The van der Waals surface area contributed by atoms with Gasteiger partial charge in [0.25, 0.3) is 0 Å². The number of fused-ring (bicyclic) bond motifs is 1. The average molecular weight is 305 g/mol. The highest BCUT2D eigenvalue weighted by Gasteiger charge is 2.24. The van der Waals surface area contributed by atoms with E-state index in [0.717, 1.165) is 5.69 Å². The number of rotatable bonds is 4. The summed E-state index contributed by atoms with van der Waals surface area (Å²) in [6.07, 6.45) is 0. The summed E-state index contributed by atoms with van der Waals surface area (Å²) in [5.41, 5.74) is 1.48. The highest BCUT2D eigenvalue weighted by Crippen LogP contribution is 2.35. The number of pyridine rings is 1. The van der Waals surface area contributed by atoms with Gasteiger partial charge >= 0.3 is 0 Å². The number of hydrogen-bond acceptors (Lipinski definition) is 4. The maximum Gasteiger partial charge on any atom is 0.225 e. The Morgan fingerprint density at radius 3 is 1.86 bits per heavy atom. The molecule has 120 valence electrons. The minimum atomic E-state index is -0.364. The van der Waals surface area contributed by atoms with Crippen molar-refractivity contribution in [1.29, 1.82) is 0 Å². The number of hydrogen-bond donors (Lipinski definition) is 0. The van der Waals surface area contributed by atoms with Gasteiger partial charge in [-0.3, -0.25) is 0 Å². The monoisotopic (exact) mass is 305 g/mol. The molecule has 0 aliphatic carbocycles.